The number of rotatable bonds is 3. The summed E-state index contributed by atoms with van der Waals surface area (Å²) in [6, 6.07) is 7.59. The Balaban J connectivity index is 1.96. The number of aromatic nitrogens is 1. The largest absolute Gasteiger partial charge is 0.370 e. The average molecular weight is 299 g/mol. The summed E-state index contributed by atoms with van der Waals surface area (Å²) >= 11 is 1.60. The molecule has 2 aromatic rings. The van der Waals surface area contributed by atoms with Crippen molar-refractivity contribution in [3.05, 3.63) is 52.7 Å². The van der Waals surface area contributed by atoms with Gasteiger partial charge in [0.25, 0.3) is 0 Å². The van der Waals surface area contributed by atoms with Crippen molar-refractivity contribution in [1.82, 2.24) is 4.98 Å². The van der Waals surface area contributed by atoms with Gasteiger partial charge in [-0.25, -0.2) is 4.79 Å². The van der Waals surface area contributed by atoms with E-state index in [9.17, 15) is 4.79 Å². The summed E-state index contributed by atoms with van der Waals surface area (Å²) in [6.45, 7) is 0. The van der Waals surface area contributed by atoms with Gasteiger partial charge in [-0.1, -0.05) is 5.16 Å². The van der Waals surface area contributed by atoms with Gasteiger partial charge in [0, 0.05) is 36.9 Å². The first-order valence-electron chi connectivity index (χ1n) is 6.34. The van der Waals surface area contributed by atoms with Crippen LogP contribution in [0.5, 0.6) is 0 Å². The summed E-state index contributed by atoms with van der Waals surface area (Å²) in [7, 11) is 3.97. The molecule has 0 spiro atoms. The van der Waals surface area contributed by atoms with Crippen LogP contribution in [-0.4, -0.2) is 30.8 Å². The van der Waals surface area contributed by atoms with Crippen molar-refractivity contribution < 1.29 is 9.63 Å². The summed E-state index contributed by atoms with van der Waals surface area (Å²) in [4.78, 5) is 23.7. The van der Waals surface area contributed by atoms with Crippen molar-refractivity contribution >= 4 is 34.1 Å². The predicted molar refractivity (Wildman–Crippen MR) is 83.5 cm³/mol. The molecule has 0 atom stereocenters. The Labute approximate surface area is 126 Å². The Morgan fingerprint density at radius 1 is 1.19 bits per heavy atom. The highest BCUT2D eigenvalue weighted by molar-refractivity contribution is 7.17. The van der Waals surface area contributed by atoms with Crippen LogP contribution in [0, 0.1) is 0 Å². The molecule has 3 heterocycles. The Morgan fingerprint density at radius 2 is 1.95 bits per heavy atom. The average Bonchev–Trinajstić information content (AvgIpc) is 3.09. The quantitative estimate of drug-likeness (QED) is 0.645. The standard InChI is InChI=1S/C15H13N3O2S/c1-18(2)13-4-3-11(21-13)9-12-14(17-20-15(12)19)10-5-7-16-8-6-10/h3-9H,1-2H3/b12-9+. The highest BCUT2D eigenvalue weighted by Gasteiger charge is 2.26. The molecule has 3 rings (SSSR count). The normalized spacial score (nSPS) is 16.0. The van der Waals surface area contributed by atoms with Crippen LogP contribution >= 0.6 is 11.3 Å². The van der Waals surface area contributed by atoms with Gasteiger partial charge in [0.15, 0.2) is 0 Å². The van der Waals surface area contributed by atoms with Crippen LogP contribution in [0.3, 0.4) is 0 Å². The van der Waals surface area contributed by atoms with E-state index < -0.39 is 5.97 Å². The van der Waals surface area contributed by atoms with Gasteiger partial charge in [0.05, 0.1) is 10.6 Å². The molecule has 0 saturated heterocycles. The number of anilines is 1. The predicted octanol–water partition coefficient (Wildman–Crippen LogP) is 2.55. The third-order valence-corrected chi connectivity index (χ3v) is 4.19. The molecule has 0 fully saturated rings. The van der Waals surface area contributed by atoms with Gasteiger partial charge in [-0.15, -0.1) is 11.3 Å². The Morgan fingerprint density at radius 3 is 2.62 bits per heavy atom. The minimum absolute atomic E-state index is 0.429. The van der Waals surface area contributed by atoms with Gasteiger partial charge in [0.1, 0.15) is 5.71 Å². The fraction of sp³-hybridized carbons (Fsp3) is 0.133. The van der Waals surface area contributed by atoms with Gasteiger partial charge in [-0.2, -0.15) is 0 Å². The number of carbonyl (C=O) groups excluding carboxylic acids is 1. The fourth-order valence-corrected chi connectivity index (χ4v) is 2.80. The third kappa shape index (κ3) is 2.71. The van der Waals surface area contributed by atoms with Crippen molar-refractivity contribution in [2.45, 2.75) is 0 Å². The number of carbonyl (C=O) groups is 1. The molecule has 0 saturated carbocycles. The van der Waals surface area contributed by atoms with Crippen LogP contribution < -0.4 is 4.90 Å². The summed E-state index contributed by atoms with van der Waals surface area (Å²) in [5, 5.41) is 4.99. The highest BCUT2D eigenvalue weighted by atomic mass is 32.1. The molecule has 0 aromatic carbocycles. The molecule has 0 amide bonds. The molecule has 21 heavy (non-hydrogen) atoms. The molecule has 1 aliphatic rings. The first-order chi connectivity index (χ1) is 10.1. The molecular weight excluding hydrogens is 286 g/mol. The maximum Gasteiger partial charge on any atom is 0.368 e. The second kappa shape index (κ2) is 5.49. The van der Waals surface area contributed by atoms with E-state index in [0.29, 0.717) is 11.3 Å². The van der Waals surface area contributed by atoms with E-state index in [1.807, 2.05) is 37.2 Å². The second-order valence-corrected chi connectivity index (χ2v) is 5.78. The molecule has 6 heteroatoms. The summed E-state index contributed by atoms with van der Waals surface area (Å²) < 4.78 is 0. The SMILES string of the molecule is CN(C)c1ccc(/C=C2/C(=O)ON=C2c2ccncc2)s1. The van der Waals surface area contributed by atoms with E-state index in [-0.39, 0.29) is 0 Å². The van der Waals surface area contributed by atoms with Gasteiger partial charge < -0.3 is 9.74 Å². The zero-order valence-electron chi connectivity index (χ0n) is 11.6. The Kier molecular flexibility index (Phi) is 3.53. The lowest BCUT2D eigenvalue weighted by Gasteiger charge is -2.06. The van der Waals surface area contributed by atoms with Crippen molar-refractivity contribution in [2.24, 2.45) is 5.16 Å². The number of thiophene rings is 1. The topological polar surface area (TPSA) is 54.8 Å². The molecule has 2 aromatic heterocycles. The molecule has 106 valence electrons. The van der Waals surface area contributed by atoms with Crippen LogP contribution in [0.1, 0.15) is 10.4 Å². The highest BCUT2D eigenvalue weighted by Crippen LogP contribution is 2.28. The summed E-state index contributed by atoms with van der Waals surface area (Å²) in [6.07, 6.45) is 5.13. The smallest absolute Gasteiger partial charge is 0.368 e. The second-order valence-electron chi connectivity index (χ2n) is 4.68. The van der Waals surface area contributed by atoms with Crippen molar-refractivity contribution in [3.63, 3.8) is 0 Å². The van der Waals surface area contributed by atoms with Crippen LogP contribution in [0.2, 0.25) is 0 Å². The molecule has 1 aliphatic heterocycles. The Bertz CT molecular complexity index is 732. The van der Waals surface area contributed by atoms with E-state index >= 15 is 0 Å². The van der Waals surface area contributed by atoms with E-state index in [1.54, 1.807) is 35.9 Å². The molecule has 0 aliphatic carbocycles. The molecule has 5 nitrogen and oxygen atoms in total. The van der Waals surface area contributed by atoms with E-state index in [0.717, 1.165) is 15.4 Å². The number of hydrogen-bond acceptors (Lipinski definition) is 6. The minimum Gasteiger partial charge on any atom is -0.370 e. The van der Waals surface area contributed by atoms with E-state index in [4.69, 9.17) is 4.84 Å². The van der Waals surface area contributed by atoms with E-state index in [2.05, 4.69) is 10.1 Å². The van der Waals surface area contributed by atoms with Crippen molar-refractivity contribution in [2.75, 3.05) is 19.0 Å². The van der Waals surface area contributed by atoms with Crippen LogP contribution in [-0.2, 0) is 9.63 Å². The molecular formula is C15H13N3O2S. The zero-order chi connectivity index (χ0) is 14.8. The summed E-state index contributed by atoms with van der Waals surface area (Å²) in [5.41, 5.74) is 1.82. The maximum absolute atomic E-state index is 11.9. The van der Waals surface area contributed by atoms with Gasteiger partial charge >= 0.3 is 5.97 Å². The minimum atomic E-state index is -0.429. The van der Waals surface area contributed by atoms with Crippen molar-refractivity contribution in [3.8, 4) is 0 Å². The number of hydrogen-bond donors (Lipinski definition) is 0. The molecule has 0 bridgehead atoms. The fourth-order valence-electron chi connectivity index (χ4n) is 1.93. The van der Waals surface area contributed by atoms with Gasteiger partial charge in [-0.3, -0.25) is 4.98 Å². The van der Waals surface area contributed by atoms with E-state index in [1.165, 1.54) is 0 Å². The monoisotopic (exact) mass is 299 g/mol. The first-order valence-corrected chi connectivity index (χ1v) is 7.16. The first kappa shape index (κ1) is 13.5. The maximum atomic E-state index is 11.9. The summed E-state index contributed by atoms with van der Waals surface area (Å²) in [5.74, 6) is -0.429. The molecule has 0 N–H and O–H groups in total. The number of pyridine rings is 1. The van der Waals surface area contributed by atoms with Crippen LogP contribution in [0.4, 0.5) is 5.00 Å². The molecule has 0 radical (unpaired) electrons. The van der Waals surface area contributed by atoms with Crippen LogP contribution in [0.25, 0.3) is 6.08 Å². The number of oxime groups is 1. The lowest BCUT2D eigenvalue weighted by Crippen LogP contribution is -2.06. The Hall–Kier alpha value is -2.47. The van der Waals surface area contributed by atoms with Crippen LogP contribution in [0.15, 0.2) is 47.4 Å². The van der Waals surface area contributed by atoms with Gasteiger partial charge in [-0.05, 0) is 30.3 Å². The van der Waals surface area contributed by atoms with Gasteiger partial charge in [0.2, 0.25) is 0 Å². The number of nitrogens with zero attached hydrogens (tertiary/aromatic N) is 3. The molecule has 0 unspecified atom stereocenters. The lowest BCUT2D eigenvalue weighted by atomic mass is 10.0. The zero-order valence-corrected chi connectivity index (χ0v) is 12.4. The van der Waals surface area contributed by atoms with Crippen molar-refractivity contribution in [1.29, 1.82) is 0 Å². The third-order valence-electron chi connectivity index (χ3n) is 2.99. The lowest BCUT2D eigenvalue weighted by molar-refractivity contribution is -0.136.